The molecule has 0 aliphatic heterocycles. The first-order chi connectivity index (χ1) is 16.9. The summed E-state index contributed by atoms with van der Waals surface area (Å²) < 4.78 is 8.23. The molecule has 0 radical (unpaired) electrons. The summed E-state index contributed by atoms with van der Waals surface area (Å²) in [7, 11) is 0. The Balaban J connectivity index is 1.35. The second-order valence-corrected chi connectivity index (χ2v) is 9.99. The lowest BCUT2D eigenvalue weighted by Crippen LogP contribution is -2.40. The molecule has 0 atom stereocenters. The first-order valence-corrected chi connectivity index (χ1v) is 12.1. The van der Waals surface area contributed by atoms with Crippen molar-refractivity contribution in [2.75, 3.05) is 5.32 Å². The predicted octanol–water partition coefficient (Wildman–Crippen LogP) is 4.32. The molecule has 2 fully saturated rings. The summed E-state index contributed by atoms with van der Waals surface area (Å²) in [5, 5.41) is 31.7. The van der Waals surface area contributed by atoms with Gasteiger partial charge in [-0.15, -0.1) is 0 Å². The fourth-order valence-corrected chi connectivity index (χ4v) is 4.95. The molecular formula is C26H27N5O4. The summed E-state index contributed by atoms with van der Waals surface area (Å²) in [6.07, 6.45) is 10.1. The van der Waals surface area contributed by atoms with Crippen LogP contribution in [0.4, 0.5) is 5.69 Å². The van der Waals surface area contributed by atoms with Crippen LogP contribution < -0.4 is 10.0 Å². The maximum atomic E-state index is 13.2. The number of pyridine rings is 1. The molecule has 2 saturated carbocycles. The molecule has 1 aromatic carbocycles. The van der Waals surface area contributed by atoms with Gasteiger partial charge in [-0.25, -0.2) is 4.98 Å². The topological polar surface area (TPSA) is 120 Å². The third kappa shape index (κ3) is 4.16. The van der Waals surface area contributed by atoms with Gasteiger partial charge < -0.3 is 20.0 Å². The highest BCUT2D eigenvalue weighted by atomic mass is 16.5. The van der Waals surface area contributed by atoms with E-state index in [1.165, 1.54) is 12.3 Å². The largest absolute Gasteiger partial charge is 0.618 e. The van der Waals surface area contributed by atoms with Crippen LogP contribution in [0, 0.1) is 5.21 Å². The van der Waals surface area contributed by atoms with Crippen LogP contribution in [-0.4, -0.2) is 31.4 Å². The van der Waals surface area contributed by atoms with Gasteiger partial charge in [0.25, 0.3) is 5.69 Å². The molecule has 0 spiro atoms. The van der Waals surface area contributed by atoms with Crippen molar-refractivity contribution in [2.24, 2.45) is 0 Å². The van der Waals surface area contributed by atoms with Crippen molar-refractivity contribution in [1.82, 2.24) is 14.8 Å². The standard InChI is InChI=1S/C26H27N5O4/c1-26(33)9-7-18(8-10-26)30-15-17-13-21(19(14-20(17)29-30)25-27-11-12-35-25)28-24(32)23-4-2-3-22(31(23)34)16-5-6-16/h2-4,11-16,18,33H,5-10H2,1H3,(H,28,32). The summed E-state index contributed by atoms with van der Waals surface area (Å²) >= 11 is 0. The number of aromatic nitrogens is 4. The van der Waals surface area contributed by atoms with E-state index in [9.17, 15) is 15.1 Å². The number of carbonyl (C=O) groups is 1. The number of hydrogen-bond acceptors (Lipinski definition) is 6. The van der Waals surface area contributed by atoms with Crippen molar-refractivity contribution in [1.29, 1.82) is 0 Å². The van der Waals surface area contributed by atoms with Crippen LogP contribution in [0.5, 0.6) is 0 Å². The predicted molar refractivity (Wildman–Crippen MR) is 129 cm³/mol. The number of rotatable bonds is 5. The van der Waals surface area contributed by atoms with E-state index in [1.807, 2.05) is 29.9 Å². The molecule has 6 rings (SSSR count). The van der Waals surface area contributed by atoms with Crippen LogP contribution in [0.1, 0.15) is 73.6 Å². The molecule has 9 nitrogen and oxygen atoms in total. The van der Waals surface area contributed by atoms with Crippen molar-refractivity contribution in [3.63, 3.8) is 0 Å². The maximum absolute atomic E-state index is 13.2. The second-order valence-electron chi connectivity index (χ2n) is 9.99. The first-order valence-electron chi connectivity index (χ1n) is 12.1. The number of benzene rings is 1. The van der Waals surface area contributed by atoms with E-state index in [2.05, 4.69) is 10.3 Å². The Bertz CT molecular complexity index is 1390. The Hall–Kier alpha value is -3.72. The van der Waals surface area contributed by atoms with Gasteiger partial charge in [-0.3, -0.25) is 9.48 Å². The lowest BCUT2D eigenvalue weighted by Gasteiger charge is -2.33. The minimum atomic E-state index is -0.617. The Morgan fingerprint density at radius 2 is 2.06 bits per heavy atom. The molecule has 0 saturated heterocycles. The quantitative estimate of drug-likeness (QED) is 0.329. The van der Waals surface area contributed by atoms with Crippen molar-refractivity contribution < 1.29 is 19.0 Å². The monoisotopic (exact) mass is 473 g/mol. The number of nitrogens with zero attached hydrogens (tertiary/aromatic N) is 4. The number of fused-ring (bicyclic) bond motifs is 1. The molecule has 2 aliphatic carbocycles. The molecule has 9 heteroatoms. The molecule has 3 heterocycles. The summed E-state index contributed by atoms with van der Waals surface area (Å²) in [4.78, 5) is 17.4. The third-order valence-electron chi connectivity index (χ3n) is 7.18. The number of oxazole rings is 1. The summed E-state index contributed by atoms with van der Waals surface area (Å²) in [6.45, 7) is 1.88. The number of amides is 1. The minimum absolute atomic E-state index is 0.0535. The lowest BCUT2D eigenvalue weighted by molar-refractivity contribution is -0.616. The Labute approximate surface area is 202 Å². The zero-order valence-corrected chi connectivity index (χ0v) is 19.5. The fraction of sp³-hybridized carbons (Fsp3) is 0.385. The average Bonchev–Trinajstić information content (AvgIpc) is 3.35. The number of nitrogens with one attached hydrogen (secondary N) is 1. The molecule has 2 N–H and O–H groups in total. The third-order valence-corrected chi connectivity index (χ3v) is 7.18. The van der Waals surface area contributed by atoms with Crippen molar-refractivity contribution in [3.8, 4) is 11.5 Å². The van der Waals surface area contributed by atoms with E-state index < -0.39 is 11.5 Å². The van der Waals surface area contributed by atoms with Gasteiger partial charge in [0.15, 0.2) is 5.69 Å². The molecule has 0 unspecified atom stereocenters. The zero-order valence-electron chi connectivity index (χ0n) is 19.5. The molecular weight excluding hydrogens is 446 g/mol. The van der Waals surface area contributed by atoms with Crippen LogP contribution in [0.3, 0.4) is 0 Å². The van der Waals surface area contributed by atoms with Gasteiger partial charge >= 0.3 is 5.91 Å². The fourth-order valence-electron chi connectivity index (χ4n) is 4.95. The minimum Gasteiger partial charge on any atom is -0.618 e. The van der Waals surface area contributed by atoms with E-state index in [1.54, 1.807) is 18.3 Å². The van der Waals surface area contributed by atoms with Gasteiger partial charge in [0, 0.05) is 29.6 Å². The van der Waals surface area contributed by atoms with Gasteiger partial charge in [0.2, 0.25) is 5.89 Å². The Morgan fingerprint density at radius 1 is 1.26 bits per heavy atom. The number of anilines is 1. The van der Waals surface area contributed by atoms with E-state index in [-0.39, 0.29) is 17.7 Å². The molecule has 4 aromatic rings. The molecule has 1 amide bonds. The molecule has 35 heavy (non-hydrogen) atoms. The molecule has 0 bridgehead atoms. The van der Waals surface area contributed by atoms with Gasteiger partial charge in [0.1, 0.15) is 6.26 Å². The zero-order chi connectivity index (χ0) is 24.2. The van der Waals surface area contributed by atoms with Crippen molar-refractivity contribution in [3.05, 3.63) is 65.6 Å². The Kier molecular flexibility index (Phi) is 5.10. The number of hydrogen-bond donors (Lipinski definition) is 2. The number of aliphatic hydroxyl groups is 1. The highest BCUT2D eigenvalue weighted by Crippen LogP contribution is 2.39. The maximum Gasteiger partial charge on any atom is 0.321 e. The summed E-state index contributed by atoms with van der Waals surface area (Å²) in [5.41, 5.74) is 1.90. The first kappa shape index (κ1) is 21.8. The van der Waals surface area contributed by atoms with Crippen LogP contribution in [0.15, 0.2) is 53.4 Å². The van der Waals surface area contributed by atoms with Crippen molar-refractivity contribution in [2.45, 2.75) is 63.0 Å². The van der Waals surface area contributed by atoms with Crippen LogP contribution >= 0.6 is 0 Å². The SMILES string of the molecule is CC1(O)CCC(n2cc3cc(NC(=O)c4cccc(C5CC5)[n+]4[O-])c(-c4ncco4)cc3n2)CC1. The van der Waals surface area contributed by atoms with Crippen LogP contribution in [0.2, 0.25) is 0 Å². The Morgan fingerprint density at radius 3 is 2.77 bits per heavy atom. The van der Waals surface area contributed by atoms with E-state index >= 15 is 0 Å². The molecule has 3 aromatic heterocycles. The van der Waals surface area contributed by atoms with Crippen molar-refractivity contribution >= 4 is 22.5 Å². The van der Waals surface area contributed by atoms with Gasteiger partial charge in [-0.05, 0) is 63.6 Å². The average molecular weight is 474 g/mol. The van der Waals surface area contributed by atoms with Gasteiger partial charge in [0.05, 0.1) is 34.6 Å². The highest BCUT2D eigenvalue weighted by molar-refractivity contribution is 6.05. The van der Waals surface area contributed by atoms with E-state index in [0.717, 1.165) is 54.2 Å². The molecule has 180 valence electrons. The number of carbonyl (C=O) groups excluding carboxylic acids is 1. The summed E-state index contributed by atoms with van der Waals surface area (Å²) in [5.74, 6) is 0.0950. The van der Waals surface area contributed by atoms with Gasteiger partial charge in [-0.2, -0.15) is 9.83 Å². The van der Waals surface area contributed by atoms with E-state index in [4.69, 9.17) is 9.52 Å². The van der Waals surface area contributed by atoms with Crippen LogP contribution in [0.25, 0.3) is 22.4 Å². The summed E-state index contributed by atoms with van der Waals surface area (Å²) in [6, 6.07) is 8.96. The van der Waals surface area contributed by atoms with E-state index in [0.29, 0.717) is 22.8 Å². The molecule has 2 aliphatic rings. The van der Waals surface area contributed by atoms with Gasteiger partial charge in [-0.1, -0.05) is 0 Å². The second kappa shape index (κ2) is 8.20. The highest BCUT2D eigenvalue weighted by Gasteiger charge is 2.33. The smallest absolute Gasteiger partial charge is 0.321 e. The van der Waals surface area contributed by atoms with Crippen LogP contribution in [-0.2, 0) is 0 Å². The normalized spacial score (nSPS) is 22.4. The lowest BCUT2D eigenvalue weighted by atomic mass is 9.84.